The van der Waals surface area contributed by atoms with Crippen LogP contribution in [0, 0.1) is 0 Å². The lowest BCUT2D eigenvalue weighted by atomic mass is 10.3. The molecule has 1 heterocycles. The van der Waals surface area contributed by atoms with Gasteiger partial charge in [0.1, 0.15) is 0 Å². The van der Waals surface area contributed by atoms with E-state index in [2.05, 4.69) is 0 Å². The van der Waals surface area contributed by atoms with Gasteiger partial charge in [-0.2, -0.15) is 11.8 Å². The Morgan fingerprint density at radius 1 is 1.45 bits per heavy atom. The number of amides is 1. The predicted octanol–water partition coefficient (Wildman–Crippen LogP) is -0.0894. The van der Waals surface area contributed by atoms with Crippen LogP contribution in [-0.2, 0) is 4.79 Å². The van der Waals surface area contributed by atoms with Gasteiger partial charge in [-0.3, -0.25) is 4.79 Å². The van der Waals surface area contributed by atoms with Gasteiger partial charge in [-0.25, -0.2) is 0 Å². The molecule has 4 heteroatoms. The molecule has 2 N–H and O–H groups in total. The van der Waals surface area contributed by atoms with E-state index in [0.717, 1.165) is 24.6 Å². The molecule has 0 atom stereocenters. The summed E-state index contributed by atoms with van der Waals surface area (Å²) in [6.07, 6.45) is 0.505. The van der Waals surface area contributed by atoms with Gasteiger partial charge in [0.15, 0.2) is 0 Å². The SMILES string of the molecule is NCCC(=O)N1CCSCC1. The van der Waals surface area contributed by atoms with E-state index in [1.807, 2.05) is 16.7 Å². The maximum atomic E-state index is 11.2. The van der Waals surface area contributed by atoms with E-state index in [4.69, 9.17) is 5.73 Å². The number of thioether (sulfide) groups is 1. The molecule has 11 heavy (non-hydrogen) atoms. The molecule has 1 amide bonds. The van der Waals surface area contributed by atoms with Crippen LogP contribution in [0.1, 0.15) is 6.42 Å². The van der Waals surface area contributed by atoms with Crippen molar-refractivity contribution < 1.29 is 4.79 Å². The number of hydrogen-bond acceptors (Lipinski definition) is 3. The summed E-state index contributed by atoms with van der Waals surface area (Å²) in [7, 11) is 0. The molecule has 0 unspecified atom stereocenters. The molecule has 0 aromatic heterocycles. The van der Waals surface area contributed by atoms with Crippen molar-refractivity contribution >= 4 is 17.7 Å². The van der Waals surface area contributed by atoms with Crippen LogP contribution < -0.4 is 5.73 Å². The molecule has 1 saturated heterocycles. The summed E-state index contributed by atoms with van der Waals surface area (Å²) in [5.74, 6) is 2.37. The minimum atomic E-state index is 0.216. The van der Waals surface area contributed by atoms with Gasteiger partial charge in [0.05, 0.1) is 0 Å². The summed E-state index contributed by atoms with van der Waals surface area (Å²) in [6, 6.07) is 0. The summed E-state index contributed by atoms with van der Waals surface area (Å²) in [5, 5.41) is 0. The Kier molecular flexibility index (Phi) is 3.72. The van der Waals surface area contributed by atoms with Gasteiger partial charge >= 0.3 is 0 Å². The third-order valence-corrected chi connectivity index (χ3v) is 2.66. The van der Waals surface area contributed by atoms with E-state index in [0.29, 0.717) is 13.0 Å². The Balaban J connectivity index is 2.27. The van der Waals surface area contributed by atoms with Crippen molar-refractivity contribution in [3.8, 4) is 0 Å². The van der Waals surface area contributed by atoms with E-state index in [1.165, 1.54) is 0 Å². The highest BCUT2D eigenvalue weighted by Crippen LogP contribution is 2.09. The van der Waals surface area contributed by atoms with Gasteiger partial charge in [-0.05, 0) is 0 Å². The molecule has 1 fully saturated rings. The largest absolute Gasteiger partial charge is 0.341 e. The van der Waals surface area contributed by atoms with Crippen molar-refractivity contribution in [2.24, 2.45) is 5.73 Å². The van der Waals surface area contributed by atoms with Gasteiger partial charge in [0, 0.05) is 37.6 Å². The average molecular weight is 174 g/mol. The summed E-state index contributed by atoms with van der Waals surface area (Å²) in [6.45, 7) is 2.29. The monoisotopic (exact) mass is 174 g/mol. The molecule has 64 valence electrons. The maximum Gasteiger partial charge on any atom is 0.223 e. The fraction of sp³-hybridized carbons (Fsp3) is 0.857. The van der Waals surface area contributed by atoms with Crippen molar-refractivity contribution in [2.45, 2.75) is 6.42 Å². The lowest BCUT2D eigenvalue weighted by Gasteiger charge is -2.26. The van der Waals surface area contributed by atoms with Crippen molar-refractivity contribution in [1.29, 1.82) is 0 Å². The van der Waals surface area contributed by atoms with E-state index in [-0.39, 0.29) is 5.91 Å². The zero-order valence-corrected chi connectivity index (χ0v) is 7.40. The zero-order chi connectivity index (χ0) is 8.10. The highest BCUT2D eigenvalue weighted by atomic mass is 32.2. The van der Waals surface area contributed by atoms with Crippen molar-refractivity contribution in [1.82, 2.24) is 4.90 Å². The number of rotatable bonds is 2. The molecule has 1 aliphatic heterocycles. The number of carbonyl (C=O) groups excluding carboxylic acids is 1. The molecule has 3 nitrogen and oxygen atoms in total. The number of nitrogens with zero attached hydrogens (tertiary/aromatic N) is 1. The Morgan fingerprint density at radius 2 is 2.09 bits per heavy atom. The topological polar surface area (TPSA) is 46.3 Å². The van der Waals surface area contributed by atoms with Gasteiger partial charge in [0.25, 0.3) is 0 Å². The molecular weight excluding hydrogens is 160 g/mol. The molecule has 0 saturated carbocycles. The van der Waals surface area contributed by atoms with Gasteiger partial charge < -0.3 is 10.6 Å². The zero-order valence-electron chi connectivity index (χ0n) is 6.58. The minimum Gasteiger partial charge on any atom is -0.341 e. The molecule has 0 radical (unpaired) electrons. The van der Waals surface area contributed by atoms with Crippen LogP contribution in [0.5, 0.6) is 0 Å². The summed E-state index contributed by atoms with van der Waals surface area (Å²) >= 11 is 1.91. The number of nitrogens with two attached hydrogens (primary N) is 1. The quantitative estimate of drug-likeness (QED) is 0.636. The second-order valence-electron chi connectivity index (χ2n) is 2.53. The Morgan fingerprint density at radius 3 is 2.64 bits per heavy atom. The second-order valence-corrected chi connectivity index (χ2v) is 3.76. The first-order valence-electron chi connectivity index (χ1n) is 3.90. The Hall–Kier alpha value is -0.220. The van der Waals surface area contributed by atoms with Crippen LogP contribution >= 0.6 is 11.8 Å². The first-order valence-corrected chi connectivity index (χ1v) is 5.05. The van der Waals surface area contributed by atoms with Crippen LogP contribution in [0.2, 0.25) is 0 Å². The van der Waals surface area contributed by atoms with E-state index in [1.54, 1.807) is 0 Å². The average Bonchev–Trinajstić information content (AvgIpc) is 2.07. The van der Waals surface area contributed by atoms with Gasteiger partial charge in [-0.15, -0.1) is 0 Å². The highest BCUT2D eigenvalue weighted by Gasteiger charge is 2.14. The fourth-order valence-electron chi connectivity index (χ4n) is 1.09. The van der Waals surface area contributed by atoms with Crippen molar-refractivity contribution in [3.63, 3.8) is 0 Å². The summed E-state index contributed by atoms with van der Waals surface area (Å²) in [5.41, 5.74) is 5.28. The number of carbonyl (C=O) groups is 1. The minimum absolute atomic E-state index is 0.216. The fourth-order valence-corrected chi connectivity index (χ4v) is 2.00. The highest BCUT2D eigenvalue weighted by molar-refractivity contribution is 7.99. The molecule has 1 aliphatic rings. The second kappa shape index (κ2) is 4.62. The molecular formula is C7H14N2OS. The molecule has 0 aliphatic carbocycles. The van der Waals surface area contributed by atoms with Crippen molar-refractivity contribution in [3.05, 3.63) is 0 Å². The van der Waals surface area contributed by atoms with Crippen LogP contribution in [0.3, 0.4) is 0 Å². The number of hydrogen-bond donors (Lipinski definition) is 1. The normalized spacial score (nSPS) is 18.5. The third-order valence-electron chi connectivity index (χ3n) is 1.72. The predicted molar refractivity (Wildman–Crippen MR) is 47.6 cm³/mol. The molecule has 0 aromatic rings. The first-order chi connectivity index (χ1) is 5.34. The van der Waals surface area contributed by atoms with Crippen LogP contribution in [-0.4, -0.2) is 41.9 Å². The van der Waals surface area contributed by atoms with E-state index >= 15 is 0 Å². The van der Waals surface area contributed by atoms with E-state index in [9.17, 15) is 4.79 Å². The Labute approximate surface area is 71.3 Å². The molecule has 1 rings (SSSR count). The Bertz CT molecular complexity index is 134. The van der Waals surface area contributed by atoms with Crippen molar-refractivity contribution in [2.75, 3.05) is 31.1 Å². The molecule has 0 bridgehead atoms. The first kappa shape index (κ1) is 8.87. The van der Waals surface area contributed by atoms with Gasteiger partial charge in [0.2, 0.25) is 5.91 Å². The van der Waals surface area contributed by atoms with Gasteiger partial charge in [-0.1, -0.05) is 0 Å². The smallest absolute Gasteiger partial charge is 0.223 e. The van der Waals surface area contributed by atoms with E-state index < -0.39 is 0 Å². The standard InChI is InChI=1S/C7H14N2OS/c8-2-1-7(10)9-3-5-11-6-4-9/h1-6,8H2. The molecule has 0 spiro atoms. The summed E-state index contributed by atoms with van der Waals surface area (Å²) in [4.78, 5) is 13.1. The molecule has 0 aromatic carbocycles. The lowest BCUT2D eigenvalue weighted by molar-refractivity contribution is -0.130. The third kappa shape index (κ3) is 2.71. The summed E-state index contributed by atoms with van der Waals surface area (Å²) < 4.78 is 0. The lowest BCUT2D eigenvalue weighted by Crippen LogP contribution is -2.38. The van der Waals surface area contributed by atoms with Crippen LogP contribution in [0.25, 0.3) is 0 Å². The van der Waals surface area contributed by atoms with Crippen LogP contribution in [0.4, 0.5) is 0 Å². The maximum absolute atomic E-state index is 11.2. The van der Waals surface area contributed by atoms with Crippen LogP contribution in [0.15, 0.2) is 0 Å².